The van der Waals surface area contributed by atoms with E-state index >= 15 is 0 Å². The van der Waals surface area contributed by atoms with Crippen molar-refractivity contribution in [1.29, 1.82) is 0 Å². The van der Waals surface area contributed by atoms with Gasteiger partial charge in [-0.3, -0.25) is 4.99 Å². The lowest BCUT2D eigenvalue weighted by molar-refractivity contribution is 0.134. The number of methoxy groups -OCH3 is 1. The van der Waals surface area contributed by atoms with Gasteiger partial charge < -0.3 is 9.47 Å². The molecule has 4 rings (SSSR count). The highest BCUT2D eigenvalue weighted by atomic mass is 32.2. The van der Waals surface area contributed by atoms with E-state index in [4.69, 9.17) is 14.5 Å². The van der Waals surface area contributed by atoms with Gasteiger partial charge in [-0.05, 0) is 64.1 Å². The van der Waals surface area contributed by atoms with Crippen molar-refractivity contribution in [2.24, 2.45) is 4.99 Å². The number of ether oxygens (including phenoxy) is 2. The molecule has 0 unspecified atom stereocenters. The van der Waals surface area contributed by atoms with E-state index in [1.807, 2.05) is 0 Å². The highest BCUT2D eigenvalue weighted by Gasteiger charge is 2.39. The predicted molar refractivity (Wildman–Crippen MR) is 113 cm³/mol. The molecule has 142 valence electrons. The summed E-state index contributed by atoms with van der Waals surface area (Å²) >= 11 is 1.76. The Morgan fingerprint density at radius 2 is 1.78 bits per heavy atom. The molecule has 2 aliphatic heterocycles. The maximum atomic E-state index is 6.27. The van der Waals surface area contributed by atoms with Crippen molar-refractivity contribution < 1.29 is 9.47 Å². The molecule has 2 aromatic carbocycles. The lowest BCUT2D eigenvalue weighted by atomic mass is 9.81. The minimum Gasteiger partial charge on any atom is -0.493 e. The van der Waals surface area contributed by atoms with Gasteiger partial charge in [0, 0.05) is 28.0 Å². The first-order chi connectivity index (χ1) is 12.7. The van der Waals surface area contributed by atoms with Crippen LogP contribution in [-0.2, 0) is 12.8 Å². The summed E-state index contributed by atoms with van der Waals surface area (Å²) in [5.41, 5.74) is 5.65. The number of nitrogens with zero attached hydrogens (tertiary/aromatic N) is 1. The molecule has 0 amide bonds. The molecule has 0 atom stereocenters. The Hall–Kier alpha value is -1.94. The van der Waals surface area contributed by atoms with Gasteiger partial charge in [-0.15, -0.1) is 11.8 Å². The molecule has 2 aliphatic rings. The lowest BCUT2D eigenvalue weighted by Crippen LogP contribution is -2.30. The monoisotopic (exact) mass is 381 g/mol. The van der Waals surface area contributed by atoms with Crippen molar-refractivity contribution >= 4 is 17.5 Å². The van der Waals surface area contributed by atoms with Gasteiger partial charge in [-0.25, -0.2) is 0 Å². The van der Waals surface area contributed by atoms with Crippen molar-refractivity contribution in [3.8, 4) is 11.5 Å². The molecule has 0 saturated carbocycles. The van der Waals surface area contributed by atoms with Crippen LogP contribution in [0.3, 0.4) is 0 Å². The van der Waals surface area contributed by atoms with E-state index in [2.05, 4.69) is 64.3 Å². The van der Waals surface area contributed by atoms with Crippen LogP contribution < -0.4 is 9.47 Å². The number of rotatable bonds is 3. The first-order valence-corrected chi connectivity index (χ1v) is 10.6. The van der Waals surface area contributed by atoms with Gasteiger partial charge in [0.05, 0.1) is 18.4 Å². The Kier molecular flexibility index (Phi) is 4.30. The third-order valence-electron chi connectivity index (χ3n) is 5.26. The maximum absolute atomic E-state index is 6.27. The molecule has 3 nitrogen and oxygen atoms in total. The standard InChI is InChI=1S/C23H27NO2S/c1-22(2)12-15-11-18(25-5)21-17(13-23(3,4)26-21)19(15)20(24-22)14-7-9-16(27-6)10-8-14/h7-11H,12-13H2,1-6H3. The summed E-state index contributed by atoms with van der Waals surface area (Å²) in [5, 5.41) is 0. The van der Waals surface area contributed by atoms with E-state index < -0.39 is 0 Å². The van der Waals surface area contributed by atoms with E-state index in [0.717, 1.165) is 30.1 Å². The zero-order chi connectivity index (χ0) is 19.4. The first-order valence-electron chi connectivity index (χ1n) is 9.39. The Bertz CT molecular complexity index is 926. The predicted octanol–water partition coefficient (Wildman–Crippen LogP) is 5.30. The number of hydrogen-bond donors (Lipinski definition) is 0. The van der Waals surface area contributed by atoms with Crippen LogP contribution in [0.4, 0.5) is 0 Å². The summed E-state index contributed by atoms with van der Waals surface area (Å²) in [6, 6.07) is 10.9. The second-order valence-electron chi connectivity index (χ2n) is 8.64. The van der Waals surface area contributed by atoms with E-state index in [-0.39, 0.29) is 11.1 Å². The normalized spacial score (nSPS) is 19.0. The summed E-state index contributed by atoms with van der Waals surface area (Å²) < 4.78 is 12.0. The molecule has 4 heteroatoms. The molecule has 0 bridgehead atoms. The fourth-order valence-electron chi connectivity index (χ4n) is 4.18. The number of aliphatic imine (C=N–C) groups is 1. The van der Waals surface area contributed by atoms with Crippen LogP contribution in [0.1, 0.15) is 49.9 Å². The fraction of sp³-hybridized carbons (Fsp3) is 0.435. The second-order valence-corrected chi connectivity index (χ2v) is 9.52. The first kappa shape index (κ1) is 18.4. The number of fused-ring (bicyclic) bond motifs is 3. The molecule has 0 aromatic heterocycles. The Labute approximate surface area is 166 Å². The quantitative estimate of drug-likeness (QED) is 0.676. The van der Waals surface area contributed by atoms with Crippen LogP contribution >= 0.6 is 11.8 Å². The molecule has 27 heavy (non-hydrogen) atoms. The fourth-order valence-corrected chi connectivity index (χ4v) is 4.59. The Balaban J connectivity index is 1.95. The number of benzene rings is 2. The van der Waals surface area contributed by atoms with E-state index in [1.165, 1.54) is 27.1 Å². The average molecular weight is 382 g/mol. The molecular formula is C23H27NO2S. The van der Waals surface area contributed by atoms with Gasteiger partial charge in [0.15, 0.2) is 11.5 Å². The summed E-state index contributed by atoms with van der Waals surface area (Å²) in [5.74, 6) is 1.72. The van der Waals surface area contributed by atoms with Crippen LogP contribution in [0.5, 0.6) is 11.5 Å². The molecule has 0 radical (unpaired) electrons. The van der Waals surface area contributed by atoms with Gasteiger partial charge >= 0.3 is 0 Å². The van der Waals surface area contributed by atoms with Crippen LogP contribution in [0.2, 0.25) is 0 Å². The van der Waals surface area contributed by atoms with Gasteiger partial charge in [-0.1, -0.05) is 12.1 Å². The summed E-state index contributed by atoms with van der Waals surface area (Å²) in [6.45, 7) is 8.67. The summed E-state index contributed by atoms with van der Waals surface area (Å²) in [6.07, 6.45) is 3.87. The van der Waals surface area contributed by atoms with E-state index in [1.54, 1.807) is 18.9 Å². The van der Waals surface area contributed by atoms with Crippen LogP contribution in [0, 0.1) is 0 Å². The largest absolute Gasteiger partial charge is 0.493 e. The summed E-state index contributed by atoms with van der Waals surface area (Å²) in [7, 11) is 1.72. The highest BCUT2D eigenvalue weighted by molar-refractivity contribution is 7.98. The van der Waals surface area contributed by atoms with Crippen LogP contribution in [0.25, 0.3) is 0 Å². The van der Waals surface area contributed by atoms with E-state index in [9.17, 15) is 0 Å². The van der Waals surface area contributed by atoms with Crippen LogP contribution in [-0.4, -0.2) is 30.2 Å². The van der Waals surface area contributed by atoms with E-state index in [0.29, 0.717) is 0 Å². The molecule has 0 spiro atoms. The minimum absolute atomic E-state index is 0.144. The Morgan fingerprint density at radius 3 is 2.41 bits per heavy atom. The molecule has 2 heterocycles. The Morgan fingerprint density at radius 1 is 1.07 bits per heavy atom. The zero-order valence-corrected chi connectivity index (χ0v) is 17.8. The molecule has 2 aromatic rings. The van der Waals surface area contributed by atoms with Gasteiger partial charge in [0.2, 0.25) is 0 Å². The SMILES string of the molecule is COc1cc2c(c3c1OC(C)(C)C3)C(c1ccc(SC)cc1)=NC(C)(C)C2. The topological polar surface area (TPSA) is 30.8 Å². The third kappa shape index (κ3) is 3.25. The molecule has 0 N–H and O–H groups in total. The second kappa shape index (κ2) is 6.30. The average Bonchev–Trinajstić information content (AvgIpc) is 2.94. The number of thioether (sulfide) groups is 1. The molecule has 0 aliphatic carbocycles. The minimum atomic E-state index is -0.231. The summed E-state index contributed by atoms with van der Waals surface area (Å²) in [4.78, 5) is 6.44. The molecule has 0 fully saturated rings. The molecule has 0 saturated heterocycles. The zero-order valence-electron chi connectivity index (χ0n) is 17.0. The van der Waals surface area contributed by atoms with Crippen LogP contribution in [0.15, 0.2) is 40.2 Å². The van der Waals surface area contributed by atoms with Crippen molar-refractivity contribution in [1.82, 2.24) is 0 Å². The van der Waals surface area contributed by atoms with Gasteiger partial charge in [0.1, 0.15) is 5.60 Å². The lowest BCUT2D eigenvalue weighted by Gasteiger charge is -2.31. The van der Waals surface area contributed by atoms with Crippen molar-refractivity contribution in [3.63, 3.8) is 0 Å². The van der Waals surface area contributed by atoms with Crippen molar-refractivity contribution in [2.75, 3.05) is 13.4 Å². The van der Waals surface area contributed by atoms with Crippen molar-refractivity contribution in [2.45, 2.75) is 56.6 Å². The van der Waals surface area contributed by atoms with Gasteiger partial charge in [0.25, 0.3) is 0 Å². The van der Waals surface area contributed by atoms with Crippen molar-refractivity contribution in [3.05, 3.63) is 52.6 Å². The maximum Gasteiger partial charge on any atom is 0.166 e. The third-order valence-corrected chi connectivity index (χ3v) is 6.01. The molecular weight excluding hydrogens is 354 g/mol. The smallest absolute Gasteiger partial charge is 0.166 e. The van der Waals surface area contributed by atoms with Gasteiger partial charge in [-0.2, -0.15) is 0 Å². The number of hydrogen-bond acceptors (Lipinski definition) is 4. The highest BCUT2D eigenvalue weighted by Crippen LogP contribution is 2.47.